The summed E-state index contributed by atoms with van der Waals surface area (Å²) >= 11 is 0. The molecule has 1 aliphatic heterocycles. The maximum absolute atomic E-state index is 12.3. The van der Waals surface area contributed by atoms with Crippen molar-refractivity contribution in [3.63, 3.8) is 0 Å². The Morgan fingerprint density at radius 3 is 2.23 bits per heavy atom. The van der Waals surface area contributed by atoms with Crippen molar-refractivity contribution in [3.8, 4) is 17.2 Å². The Hall–Kier alpha value is -2.81. The summed E-state index contributed by atoms with van der Waals surface area (Å²) in [5.74, 6) is 2.28. The van der Waals surface area contributed by atoms with E-state index in [9.17, 15) is 4.79 Å². The van der Waals surface area contributed by atoms with Gasteiger partial charge in [0.15, 0.2) is 0 Å². The summed E-state index contributed by atoms with van der Waals surface area (Å²) in [7, 11) is 4.87. The summed E-state index contributed by atoms with van der Waals surface area (Å²) in [4.78, 5) is 20.3. The van der Waals surface area contributed by atoms with Crippen molar-refractivity contribution in [2.24, 2.45) is 0 Å². The first-order valence-electron chi connectivity index (χ1n) is 8.32. The van der Waals surface area contributed by atoms with E-state index >= 15 is 0 Å². The fourth-order valence-electron chi connectivity index (χ4n) is 3.02. The molecular formula is C17H23N5O4. The molecule has 9 heteroatoms. The molecule has 1 aromatic carbocycles. The van der Waals surface area contributed by atoms with Gasteiger partial charge in [-0.2, -0.15) is 5.10 Å². The van der Waals surface area contributed by atoms with Crippen LogP contribution >= 0.6 is 0 Å². The first kappa shape index (κ1) is 18.0. The van der Waals surface area contributed by atoms with Crippen LogP contribution in [0.3, 0.4) is 0 Å². The van der Waals surface area contributed by atoms with Gasteiger partial charge in [-0.25, -0.2) is 4.98 Å². The molecule has 1 N–H and O–H groups in total. The zero-order valence-electron chi connectivity index (χ0n) is 15.2. The number of piperazine rings is 1. The van der Waals surface area contributed by atoms with E-state index in [1.54, 1.807) is 26.2 Å². The van der Waals surface area contributed by atoms with E-state index < -0.39 is 0 Å². The summed E-state index contributed by atoms with van der Waals surface area (Å²) in [6.45, 7) is 3.41. The van der Waals surface area contributed by atoms with Crippen LogP contribution in [-0.4, -0.2) is 78.4 Å². The molecule has 1 fully saturated rings. The number of ether oxygens (including phenoxy) is 3. The van der Waals surface area contributed by atoms with Gasteiger partial charge in [0.05, 0.1) is 26.9 Å². The number of hydrogen-bond donors (Lipinski definition) is 1. The van der Waals surface area contributed by atoms with Gasteiger partial charge in [0.25, 0.3) is 5.91 Å². The Kier molecular flexibility index (Phi) is 5.57. The zero-order valence-corrected chi connectivity index (χ0v) is 15.2. The third-order valence-electron chi connectivity index (χ3n) is 4.48. The molecule has 0 spiro atoms. The number of nitrogens with one attached hydrogen (secondary N) is 1. The minimum atomic E-state index is -0.123. The quantitative estimate of drug-likeness (QED) is 0.813. The molecule has 26 heavy (non-hydrogen) atoms. The smallest absolute Gasteiger partial charge is 0.291 e. The van der Waals surface area contributed by atoms with Crippen molar-refractivity contribution in [2.75, 3.05) is 47.5 Å². The first-order chi connectivity index (χ1) is 12.7. The highest BCUT2D eigenvalue weighted by atomic mass is 16.5. The SMILES string of the molecule is COc1cc(OC)c(CN2CCN(C(=O)c3ncn[nH]3)CC2)c(OC)c1. The van der Waals surface area contributed by atoms with Crippen LogP contribution < -0.4 is 14.2 Å². The fraction of sp³-hybridized carbons (Fsp3) is 0.471. The number of methoxy groups -OCH3 is 3. The van der Waals surface area contributed by atoms with E-state index in [0.29, 0.717) is 25.4 Å². The van der Waals surface area contributed by atoms with E-state index in [1.807, 2.05) is 12.1 Å². The number of H-pyrrole nitrogens is 1. The Morgan fingerprint density at radius 2 is 1.73 bits per heavy atom. The summed E-state index contributed by atoms with van der Waals surface area (Å²) in [5.41, 5.74) is 0.964. The minimum absolute atomic E-state index is 0.123. The van der Waals surface area contributed by atoms with Crippen LogP contribution in [0, 0.1) is 0 Å². The second-order valence-corrected chi connectivity index (χ2v) is 5.91. The lowest BCUT2D eigenvalue weighted by molar-refractivity contribution is 0.0615. The van der Waals surface area contributed by atoms with Crippen molar-refractivity contribution in [1.29, 1.82) is 0 Å². The van der Waals surface area contributed by atoms with Crippen LogP contribution in [-0.2, 0) is 6.54 Å². The van der Waals surface area contributed by atoms with Crippen molar-refractivity contribution < 1.29 is 19.0 Å². The highest BCUT2D eigenvalue weighted by Gasteiger charge is 2.25. The van der Waals surface area contributed by atoms with Crippen LogP contribution in [0.15, 0.2) is 18.5 Å². The van der Waals surface area contributed by atoms with Crippen molar-refractivity contribution in [1.82, 2.24) is 25.0 Å². The van der Waals surface area contributed by atoms with E-state index in [-0.39, 0.29) is 11.7 Å². The lowest BCUT2D eigenvalue weighted by atomic mass is 10.1. The molecule has 140 valence electrons. The summed E-state index contributed by atoms with van der Waals surface area (Å²) in [5, 5.41) is 6.34. The van der Waals surface area contributed by atoms with E-state index in [0.717, 1.165) is 30.2 Å². The summed E-state index contributed by atoms with van der Waals surface area (Å²) in [6, 6.07) is 3.70. The van der Waals surface area contributed by atoms with Gasteiger partial charge in [-0.15, -0.1) is 0 Å². The molecule has 9 nitrogen and oxygen atoms in total. The van der Waals surface area contributed by atoms with E-state index in [4.69, 9.17) is 14.2 Å². The Morgan fingerprint density at radius 1 is 1.08 bits per heavy atom. The standard InChI is InChI=1S/C17H23N5O4/c1-24-12-8-14(25-2)13(15(9-12)26-3)10-21-4-6-22(7-5-21)17(23)16-18-11-19-20-16/h8-9,11H,4-7,10H2,1-3H3,(H,18,19,20). The molecule has 0 unspecified atom stereocenters. The Balaban J connectivity index is 1.67. The molecule has 0 saturated carbocycles. The predicted octanol–water partition coefficient (Wildman–Crippen LogP) is 0.788. The molecule has 0 aliphatic carbocycles. The Bertz CT molecular complexity index is 717. The lowest BCUT2D eigenvalue weighted by Gasteiger charge is -2.34. The Labute approximate surface area is 151 Å². The minimum Gasteiger partial charge on any atom is -0.496 e. The molecule has 1 aromatic heterocycles. The van der Waals surface area contributed by atoms with Crippen LogP contribution in [0.4, 0.5) is 0 Å². The number of nitrogens with zero attached hydrogens (tertiary/aromatic N) is 4. The van der Waals surface area contributed by atoms with Gasteiger partial charge in [-0.05, 0) is 0 Å². The van der Waals surface area contributed by atoms with Gasteiger partial charge < -0.3 is 19.1 Å². The van der Waals surface area contributed by atoms with E-state index in [2.05, 4.69) is 20.1 Å². The maximum atomic E-state index is 12.3. The molecule has 1 aliphatic rings. The molecule has 0 radical (unpaired) electrons. The zero-order chi connectivity index (χ0) is 18.5. The number of amides is 1. The largest absolute Gasteiger partial charge is 0.496 e. The number of benzene rings is 1. The average molecular weight is 361 g/mol. The third-order valence-corrected chi connectivity index (χ3v) is 4.48. The highest BCUT2D eigenvalue weighted by Crippen LogP contribution is 2.35. The predicted molar refractivity (Wildman–Crippen MR) is 93.7 cm³/mol. The number of hydrogen-bond acceptors (Lipinski definition) is 7. The summed E-state index contributed by atoms with van der Waals surface area (Å²) in [6.07, 6.45) is 1.34. The van der Waals surface area contributed by atoms with Gasteiger partial charge in [0.1, 0.15) is 23.6 Å². The maximum Gasteiger partial charge on any atom is 0.291 e. The van der Waals surface area contributed by atoms with Crippen molar-refractivity contribution >= 4 is 5.91 Å². The normalized spacial score (nSPS) is 15.0. The van der Waals surface area contributed by atoms with Gasteiger partial charge >= 0.3 is 0 Å². The number of carbonyl (C=O) groups excluding carboxylic acids is 1. The molecule has 3 rings (SSSR count). The molecule has 0 bridgehead atoms. The summed E-state index contributed by atoms with van der Waals surface area (Å²) < 4.78 is 16.3. The monoisotopic (exact) mass is 361 g/mol. The number of carbonyl (C=O) groups is 1. The number of aromatic amines is 1. The van der Waals surface area contributed by atoms with Gasteiger partial charge in [-0.3, -0.25) is 14.8 Å². The molecule has 0 atom stereocenters. The number of aromatic nitrogens is 3. The molecular weight excluding hydrogens is 338 g/mol. The van der Waals surface area contributed by atoms with Gasteiger partial charge in [0, 0.05) is 44.9 Å². The highest BCUT2D eigenvalue weighted by molar-refractivity contribution is 5.90. The van der Waals surface area contributed by atoms with Crippen LogP contribution in [0.25, 0.3) is 0 Å². The van der Waals surface area contributed by atoms with Crippen molar-refractivity contribution in [3.05, 3.63) is 29.8 Å². The molecule has 2 heterocycles. The second-order valence-electron chi connectivity index (χ2n) is 5.91. The molecule has 2 aromatic rings. The van der Waals surface area contributed by atoms with Crippen LogP contribution in [0.1, 0.15) is 16.2 Å². The fourth-order valence-corrected chi connectivity index (χ4v) is 3.02. The average Bonchev–Trinajstić information content (AvgIpc) is 3.22. The number of rotatable bonds is 6. The van der Waals surface area contributed by atoms with Gasteiger partial charge in [-0.1, -0.05) is 0 Å². The van der Waals surface area contributed by atoms with Crippen molar-refractivity contribution in [2.45, 2.75) is 6.54 Å². The third kappa shape index (κ3) is 3.72. The molecule has 1 amide bonds. The van der Waals surface area contributed by atoms with E-state index in [1.165, 1.54) is 6.33 Å². The van der Waals surface area contributed by atoms with Crippen LogP contribution in [0.5, 0.6) is 17.2 Å². The second kappa shape index (κ2) is 8.05. The van der Waals surface area contributed by atoms with Gasteiger partial charge in [0.2, 0.25) is 5.82 Å². The topological polar surface area (TPSA) is 92.8 Å². The van der Waals surface area contributed by atoms with Crippen LogP contribution in [0.2, 0.25) is 0 Å². The molecule has 1 saturated heterocycles. The first-order valence-corrected chi connectivity index (χ1v) is 8.32. The lowest BCUT2D eigenvalue weighted by Crippen LogP contribution is -2.48.